The van der Waals surface area contributed by atoms with Crippen LogP contribution in [-0.4, -0.2) is 9.97 Å². The molecule has 96 valence electrons. The molecule has 0 bridgehead atoms. The van der Waals surface area contributed by atoms with Crippen LogP contribution in [0.3, 0.4) is 0 Å². The maximum Gasteiger partial charge on any atom is 0.186 e. The van der Waals surface area contributed by atoms with Gasteiger partial charge in [0.1, 0.15) is 17.2 Å². The zero-order valence-electron chi connectivity index (χ0n) is 9.97. The van der Waals surface area contributed by atoms with Crippen LogP contribution in [0.25, 0.3) is 22.4 Å². The molecule has 0 spiro atoms. The summed E-state index contributed by atoms with van der Waals surface area (Å²) in [4.78, 5) is 6.72. The Morgan fingerprint density at radius 1 is 1.00 bits per heavy atom. The minimum atomic E-state index is -1.03. The fourth-order valence-corrected chi connectivity index (χ4v) is 1.97. The van der Waals surface area contributed by atoms with Crippen molar-refractivity contribution in [1.29, 1.82) is 0 Å². The van der Waals surface area contributed by atoms with Crippen molar-refractivity contribution in [3.05, 3.63) is 53.3 Å². The molecular formula is C14H9F3N2. The second-order valence-corrected chi connectivity index (χ2v) is 4.33. The fourth-order valence-electron chi connectivity index (χ4n) is 1.97. The van der Waals surface area contributed by atoms with Gasteiger partial charge in [0.25, 0.3) is 0 Å². The lowest BCUT2D eigenvalue weighted by molar-refractivity contribution is 0.515. The number of nitrogens with one attached hydrogen (secondary N) is 1. The molecule has 0 unspecified atom stereocenters. The average molecular weight is 262 g/mol. The molecule has 0 saturated heterocycles. The van der Waals surface area contributed by atoms with E-state index in [1.54, 1.807) is 12.1 Å². The summed E-state index contributed by atoms with van der Waals surface area (Å²) in [6.45, 7) is 1.81. The molecule has 0 radical (unpaired) electrons. The summed E-state index contributed by atoms with van der Waals surface area (Å²) in [5.74, 6) is -2.30. The lowest BCUT2D eigenvalue weighted by Gasteiger charge is -2.00. The van der Waals surface area contributed by atoms with Gasteiger partial charge in [0.05, 0.1) is 11.1 Å². The zero-order chi connectivity index (χ0) is 13.6. The highest BCUT2D eigenvalue weighted by molar-refractivity contribution is 5.80. The Hall–Kier alpha value is -2.30. The summed E-state index contributed by atoms with van der Waals surface area (Å²) >= 11 is 0. The van der Waals surface area contributed by atoms with Crippen molar-refractivity contribution < 1.29 is 13.2 Å². The summed E-state index contributed by atoms with van der Waals surface area (Å²) in [6.07, 6.45) is 0. The molecule has 0 aliphatic heterocycles. The van der Waals surface area contributed by atoms with Crippen molar-refractivity contribution in [1.82, 2.24) is 9.97 Å². The van der Waals surface area contributed by atoms with Crippen molar-refractivity contribution in [2.45, 2.75) is 6.92 Å². The van der Waals surface area contributed by atoms with Gasteiger partial charge in [-0.3, -0.25) is 0 Å². The molecule has 5 heteroatoms. The smallest absolute Gasteiger partial charge is 0.186 e. The Morgan fingerprint density at radius 2 is 1.74 bits per heavy atom. The first kappa shape index (κ1) is 11.8. The Labute approximate surface area is 106 Å². The second kappa shape index (κ2) is 4.12. The van der Waals surface area contributed by atoms with E-state index in [4.69, 9.17) is 0 Å². The molecule has 0 fully saturated rings. The number of aryl methyl sites for hydroxylation is 1. The minimum absolute atomic E-state index is 0.129. The molecule has 3 rings (SSSR count). The number of imidazole rings is 1. The predicted octanol–water partition coefficient (Wildman–Crippen LogP) is 3.96. The van der Waals surface area contributed by atoms with Gasteiger partial charge in [0.15, 0.2) is 11.6 Å². The number of rotatable bonds is 1. The van der Waals surface area contributed by atoms with E-state index >= 15 is 0 Å². The number of fused-ring (bicyclic) bond motifs is 1. The van der Waals surface area contributed by atoms with Gasteiger partial charge in [0.2, 0.25) is 0 Å². The van der Waals surface area contributed by atoms with E-state index in [-0.39, 0.29) is 16.9 Å². The largest absolute Gasteiger partial charge is 0.338 e. The van der Waals surface area contributed by atoms with E-state index in [1.165, 1.54) is 12.1 Å². The summed E-state index contributed by atoms with van der Waals surface area (Å²) in [5, 5.41) is 0. The Kier molecular flexibility index (Phi) is 2.55. The maximum atomic E-state index is 13.7. The molecule has 19 heavy (non-hydrogen) atoms. The van der Waals surface area contributed by atoms with Crippen LogP contribution in [0.5, 0.6) is 0 Å². The zero-order valence-corrected chi connectivity index (χ0v) is 9.97. The first-order valence-electron chi connectivity index (χ1n) is 5.66. The number of benzene rings is 2. The van der Waals surface area contributed by atoms with Crippen LogP contribution < -0.4 is 0 Å². The van der Waals surface area contributed by atoms with Crippen LogP contribution in [-0.2, 0) is 0 Å². The number of aromatic nitrogens is 2. The van der Waals surface area contributed by atoms with Gasteiger partial charge >= 0.3 is 0 Å². The van der Waals surface area contributed by atoms with Crippen molar-refractivity contribution in [2.75, 3.05) is 0 Å². The topological polar surface area (TPSA) is 28.7 Å². The Balaban J connectivity index is 2.26. The van der Waals surface area contributed by atoms with E-state index in [0.717, 1.165) is 11.6 Å². The molecule has 1 aromatic heterocycles. The van der Waals surface area contributed by atoms with Crippen LogP contribution >= 0.6 is 0 Å². The molecule has 2 nitrogen and oxygen atoms in total. The minimum Gasteiger partial charge on any atom is -0.338 e. The van der Waals surface area contributed by atoms with Crippen molar-refractivity contribution >= 4 is 11.0 Å². The van der Waals surface area contributed by atoms with E-state index in [2.05, 4.69) is 9.97 Å². The summed E-state index contributed by atoms with van der Waals surface area (Å²) in [7, 11) is 0. The van der Waals surface area contributed by atoms with Gasteiger partial charge < -0.3 is 4.98 Å². The monoisotopic (exact) mass is 262 g/mol. The Bertz CT molecular complexity index is 778. The fraction of sp³-hybridized carbons (Fsp3) is 0.0714. The molecule has 0 amide bonds. The van der Waals surface area contributed by atoms with Crippen LogP contribution in [0.4, 0.5) is 13.2 Å². The van der Waals surface area contributed by atoms with Gasteiger partial charge in [-0.1, -0.05) is 11.6 Å². The highest BCUT2D eigenvalue weighted by Gasteiger charge is 2.15. The number of aromatic amines is 1. The lowest BCUT2D eigenvalue weighted by Crippen LogP contribution is -1.88. The number of hydrogen-bond donors (Lipinski definition) is 1. The SMILES string of the molecule is Cc1ccc(F)c(-c2nc3c(F)c(F)ccc3[nH]2)c1. The predicted molar refractivity (Wildman–Crippen MR) is 66.1 cm³/mol. The van der Waals surface area contributed by atoms with E-state index in [0.29, 0.717) is 5.52 Å². The summed E-state index contributed by atoms with van der Waals surface area (Å²) in [5.41, 5.74) is 1.28. The van der Waals surface area contributed by atoms with Gasteiger partial charge in [-0.15, -0.1) is 0 Å². The number of halogens is 3. The normalized spacial score (nSPS) is 11.2. The third kappa shape index (κ3) is 1.87. The highest BCUT2D eigenvalue weighted by Crippen LogP contribution is 2.26. The van der Waals surface area contributed by atoms with E-state index in [1.807, 2.05) is 6.92 Å². The molecular weight excluding hydrogens is 253 g/mol. The van der Waals surface area contributed by atoms with E-state index < -0.39 is 17.5 Å². The molecule has 2 aromatic carbocycles. The van der Waals surface area contributed by atoms with Crippen LogP contribution in [0, 0.1) is 24.4 Å². The van der Waals surface area contributed by atoms with Crippen LogP contribution in [0.15, 0.2) is 30.3 Å². The van der Waals surface area contributed by atoms with Crippen LogP contribution in [0.1, 0.15) is 5.56 Å². The average Bonchev–Trinajstić information content (AvgIpc) is 2.81. The maximum absolute atomic E-state index is 13.7. The van der Waals surface area contributed by atoms with Crippen molar-refractivity contribution in [2.24, 2.45) is 0 Å². The molecule has 1 heterocycles. The first-order chi connectivity index (χ1) is 9.06. The first-order valence-corrected chi connectivity index (χ1v) is 5.66. The number of H-pyrrole nitrogens is 1. The van der Waals surface area contributed by atoms with Gasteiger partial charge in [-0.2, -0.15) is 0 Å². The summed E-state index contributed by atoms with van der Waals surface area (Å²) in [6, 6.07) is 6.92. The highest BCUT2D eigenvalue weighted by atomic mass is 19.2. The molecule has 3 aromatic rings. The molecule has 0 saturated carbocycles. The molecule has 0 aliphatic rings. The number of hydrogen-bond acceptors (Lipinski definition) is 1. The van der Waals surface area contributed by atoms with Crippen molar-refractivity contribution in [3.8, 4) is 11.4 Å². The Morgan fingerprint density at radius 3 is 2.53 bits per heavy atom. The third-order valence-electron chi connectivity index (χ3n) is 2.92. The lowest BCUT2D eigenvalue weighted by atomic mass is 10.1. The molecule has 1 N–H and O–H groups in total. The van der Waals surface area contributed by atoms with Gasteiger partial charge in [-0.25, -0.2) is 18.2 Å². The third-order valence-corrected chi connectivity index (χ3v) is 2.92. The second-order valence-electron chi connectivity index (χ2n) is 4.33. The summed E-state index contributed by atoms with van der Waals surface area (Å²) < 4.78 is 40.4. The van der Waals surface area contributed by atoms with Gasteiger partial charge in [0, 0.05) is 0 Å². The van der Waals surface area contributed by atoms with Crippen molar-refractivity contribution in [3.63, 3.8) is 0 Å². The standard InChI is InChI=1S/C14H9F3N2/c1-7-2-3-9(15)8(6-7)14-18-11-5-4-10(16)12(17)13(11)19-14/h2-6H,1H3,(H,18,19). The molecule has 0 aliphatic carbocycles. The van der Waals surface area contributed by atoms with Crippen LogP contribution in [0.2, 0.25) is 0 Å². The number of nitrogens with zero attached hydrogens (tertiary/aromatic N) is 1. The van der Waals surface area contributed by atoms with Gasteiger partial charge in [-0.05, 0) is 31.2 Å². The quantitative estimate of drug-likeness (QED) is 0.706. The van der Waals surface area contributed by atoms with E-state index in [9.17, 15) is 13.2 Å². The molecule has 0 atom stereocenters.